The van der Waals surface area contributed by atoms with Crippen LogP contribution in [-0.2, 0) is 13.0 Å². The Hall–Kier alpha value is -0.940. The minimum absolute atomic E-state index is 0.682. The summed E-state index contributed by atoms with van der Waals surface area (Å²) in [5.41, 5.74) is 5.42. The molecule has 0 amide bonds. The number of hydrogen-bond donors (Lipinski definition) is 1. The molecule has 0 saturated carbocycles. The Labute approximate surface area is 84.3 Å². The fraction of sp³-hybridized carbons (Fsp3) is 0.778. The van der Waals surface area contributed by atoms with Crippen LogP contribution in [0.5, 0.6) is 0 Å². The van der Waals surface area contributed by atoms with Crippen LogP contribution in [0.3, 0.4) is 0 Å². The summed E-state index contributed by atoms with van der Waals surface area (Å²) in [5, 5.41) is 3.83. The van der Waals surface area contributed by atoms with E-state index in [9.17, 15) is 0 Å². The smallest absolute Gasteiger partial charge is 0.240 e. The molecule has 0 saturated heterocycles. The molecule has 1 heterocycles. The van der Waals surface area contributed by atoms with Gasteiger partial charge in [0.25, 0.3) is 0 Å². The molecule has 5 heteroatoms. The first-order chi connectivity index (χ1) is 6.76. The van der Waals surface area contributed by atoms with E-state index in [2.05, 4.69) is 15.0 Å². The maximum Gasteiger partial charge on any atom is 0.240 e. The normalized spacial score (nSPS) is 11.1. The lowest BCUT2D eigenvalue weighted by molar-refractivity contribution is 0.265. The molecule has 1 aromatic rings. The zero-order valence-electron chi connectivity index (χ0n) is 8.86. The Morgan fingerprint density at radius 2 is 2.29 bits per heavy atom. The van der Waals surface area contributed by atoms with Crippen LogP contribution in [0.15, 0.2) is 4.52 Å². The molecule has 2 N–H and O–H groups in total. The topological polar surface area (TPSA) is 68.2 Å². The van der Waals surface area contributed by atoms with Crippen LogP contribution >= 0.6 is 0 Å². The van der Waals surface area contributed by atoms with E-state index < -0.39 is 0 Å². The van der Waals surface area contributed by atoms with Gasteiger partial charge in [-0.05, 0) is 26.6 Å². The van der Waals surface area contributed by atoms with Gasteiger partial charge in [-0.2, -0.15) is 4.98 Å². The summed E-state index contributed by atoms with van der Waals surface area (Å²) in [5.74, 6) is 1.45. The van der Waals surface area contributed by atoms with Crippen LogP contribution in [-0.4, -0.2) is 35.2 Å². The SMILES string of the molecule is CCc1noc(CN(C)CCCN)n1. The van der Waals surface area contributed by atoms with E-state index in [0.717, 1.165) is 25.2 Å². The summed E-state index contributed by atoms with van der Waals surface area (Å²) in [7, 11) is 2.02. The summed E-state index contributed by atoms with van der Waals surface area (Å²) < 4.78 is 5.07. The van der Waals surface area contributed by atoms with Gasteiger partial charge in [0.05, 0.1) is 6.54 Å². The average Bonchev–Trinajstić information content (AvgIpc) is 2.62. The molecule has 0 fully saturated rings. The zero-order valence-corrected chi connectivity index (χ0v) is 8.86. The van der Waals surface area contributed by atoms with E-state index in [1.807, 2.05) is 14.0 Å². The molecule has 0 aliphatic rings. The predicted molar refractivity (Wildman–Crippen MR) is 53.7 cm³/mol. The highest BCUT2D eigenvalue weighted by atomic mass is 16.5. The van der Waals surface area contributed by atoms with Gasteiger partial charge >= 0.3 is 0 Å². The summed E-state index contributed by atoms with van der Waals surface area (Å²) in [4.78, 5) is 6.35. The van der Waals surface area contributed by atoms with Crippen molar-refractivity contribution in [2.75, 3.05) is 20.1 Å². The minimum Gasteiger partial charge on any atom is -0.338 e. The number of nitrogens with two attached hydrogens (primary N) is 1. The summed E-state index contributed by atoms with van der Waals surface area (Å²) >= 11 is 0. The number of nitrogens with zero attached hydrogens (tertiary/aromatic N) is 3. The van der Waals surface area contributed by atoms with E-state index in [4.69, 9.17) is 10.3 Å². The van der Waals surface area contributed by atoms with E-state index >= 15 is 0 Å². The molecule has 0 atom stereocenters. The van der Waals surface area contributed by atoms with Gasteiger partial charge in [0.2, 0.25) is 5.89 Å². The molecule has 0 radical (unpaired) electrons. The van der Waals surface area contributed by atoms with Gasteiger partial charge in [0.15, 0.2) is 5.82 Å². The van der Waals surface area contributed by atoms with Crippen molar-refractivity contribution in [2.24, 2.45) is 5.73 Å². The maximum absolute atomic E-state index is 5.42. The molecule has 0 bridgehead atoms. The summed E-state index contributed by atoms with van der Waals surface area (Å²) in [6, 6.07) is 0. The molecule has 14 heavy (non-hydrogen) atoms. The summed E-state index contributed by atoms with van der Waals surface area (Å²) in [6.07, 6.45) is 1.81. The highest BCUT2D eigenvalue weighted by Crippen LogP contribution is 2.01. The first kappa shape index (κ1) is 11.1. The van der Waals surface area contributed by atoms with Crippen LogP contribution in [0.25, 0.3) is 0 Å². The Balaban J connectivity index is 2.35. The van der Waals surface area contributed by atoms with Gasteiger partial charge in [-0.15, -0.1) is 0 Å². The molecule has 5 nitrogen and oxygen atoms in total. The van der Waals surface area contributed by atoms with Crippen molar-refractivity contribution in [3.63, 3.8) is 0 Å². The van der Waals surface area contributed by atoms with E-state index in [0.29, 0.717) is 19.0 Å². The lowest BCUT2D eigenvalue weighted by Gasteiger charge is -2.12. The third-order valence-electron chi connectivity index (χ3n) is 1.98. The second kappa shape index (κ2) is 5.72. The van der Waals surface area contributed by atoms with Crippen molar-refractivity contribution >= 4 is 0 Å². The molecule has 0 unspecified atom stereocenters. The third-order valence-corrected chi connectivity index (χ3v) is 1.98. The molecule has 80 valence electrons. The van der Waals surface area contributed by atoms with E-state index in [1.165, 1.54) is 0 Å². The molecular formula is C9H18N4O. The van der Waals surface area contributed by atoms with Crippen LogP contribution in [0.2, 0.25) is 0 Å². The van der Waals surface area contributed by atoms with Crippen molar-refractivity contribution in [1.29, 1.82) is 0 Å². The Morgan fingerprint density at radius 1 is 1.50 bits per heavy atom. The lowest BCUT2D eigenvalue weighted by Crippen LogP contribution is -2.21. The highest BCUT2D eigenvalue weighted by molar-refractivity contribution is 4.85. The number of hydrogen-bond acceptors (Lipinski definition) is 5. The molecule has 0 aliphatic heterocycles. The molecule has 0 aliphatic carbocycles. The first-order valence-electron chi connectivity index (χ1n) is 4.96. The first-order valence-corrected chi connectivity index (χ1v) is 4.96. The monoisotopic (exact) mass is 198 g/mol. The fourth-order valence-electron chi connectivity index (χ4n) is 1.17. The Kier molecular flexibility index (Phi) is 4.55. The minimum atomic E-state index is 0.682. The van der Waals surface area contributed by atoms with Crippen molar-refractivity contribution in [3.05, 3.63) is 11.7 Å². The van der Waals surface area contributed by atoms with Gasteiger partial charge in [0, 0.05) is 6.42 Å². The van der Waals surface area contributed by atoms with Crippen molar-refractivity contribution in [1.82, 2.24) is 15.0 Å². The highest BCUT2D eigenvalue weighted by Gasteiger charge is 2.07. The molecule has 0 aromatic carbocycles. The van der Waals surface area contributed by atoms with Crippen LogP contribution in [0.1, 0.15) is 25.1 Å². The molecule has 1 rings (SSSR count). The van der Waals surface area contributed by atoms with Crippen molar-refractivity contribution in [3.8, 4) is 0 Å². The van der Waals surface area contributed by atoms with Gasteiger partial charge in [-0.3, -0.25) is 4.90 Å². The predicted octanol–water partition coefficient (Wildman–Crippen LogP) is 0.413. The zero-order chi connectivity index (χ0) is 10.4. The second-order valence-electron chi connectivity index (χ2n) is 3.34. The number of aromatic nitrogens is 2. The van der Waals surface area contributed by atoms with Gasteiger partial charge in [-0.25, -0.2) is 0 Å². The average molecular weight is 198 g/mol. The number of aryl methyl sites for hydroxylation is 1. The van der Waals surface area contributed by atoms with E-state index in [-0.39, 0.29) is 0 Å². The van der Waals surface area contributed by atoms with Gasteiger partial charge in [0.1, 0.15) is 0 Å². The van der Waals surface area contributed by atoms with Gasteiger partial charge in [-0.1, -0.05) is 12.1 Å². The van der Waals surface area contributed by atoms with Gasteiger partial charge < -0.3 is 10.3 Å². The molecule has 1 aromatic heterocycles. The molecular weight excluding hydrogens is 180 g/mol. The van der Waals surface area contributed by atoms with Crippen LogP contribution in [0, 0.1) is 0 Å². The Bertz CT molecular complexity index is 261. The van der Waals surface area contributed by atoms with Crippen molar-refractivity contribution in [2.45, 2.75) is 26.3 Å². The standard InChI is InChI=1S/C9H18N4O/c1-3-8-11-9(14-12-8)7-13(2)6-4-5-10/h3-7,10H2,1-2H3. The Morgan fingerprint density at radius 3 is 2.86 bits per heavy atom. The second-order valence-corrected chi connectivity index (χ2v) is 3.34. The maximum atomic E-state index is 5.42. The quantitative estimate of drug-likeness (QED) is 0.717. The third kappa shape index (κ3) is 3.43. The fourth-order valence-corrected chi connectivity index (χ4v) is 1.17. The summed E-state index contributed by atoms with van der Waals surface area (Å²) in [6.45, 7) is 4.38. The molecule has 0 spiro atoms. The van der Waals surface area contributed by atoms with Crippen LogP contribution in [0.4, 0.5) is 0 Å². The van der Waals surface area contributed by atoms with Crippen LogP contribution < -0.4 is 5.73 Å². The van der Waals surface area contributed by atoms with Crippen molar-refractivity contribution < 1.29 is 4.52 Å². The number of rotatable bonds is 6. The lowest BCUT2D eigenvalue weighted by atomic mass is 10.4. The van der Waals surface area contributed by atoms with E-state index in [1.54, 1.807) is 0 Å². The largest absolute Gasteiger partial charge is 0.338 e.